The first-order valence-electron chi connectivity index (χ1n) is 11.9. The maximum Gasteiger partial charge on any atom is 0.435 e. The molecule has 0 atom stereocenters. The van der Waals surface area contributed by atoms with Crippen molar-refractivity contribution >= 4 is 23.5 Å². The summed E-state index contributed by atoms with van der Waals surface area (Å²) in [5.41, 5.74) is 10.9. The molecule has 0 unspecified atom stereocenters. The van der Waals surface area contributed by atoms with Crippen molar-refractivity contribution in [3.8, 4) is 11.8 Å². The molecule has 0 aliphatic rings. The van der Waals surface area contributed by atoms with Gasteiger partial charge in [0.2, 0.25) is 0 Å². The van der Waals surface area contributed by atoms with Gasteiger partial charge >= 0.3 is 6.09 Å². The van der Waals surface area contributed by atoms with Gasteiger partial charge in [0.1, 0.15) is 5.84 Å². The zero-order valence-electron chi connectivity index (χ0n) is 21.6. The van der Waals surface area contributed by atoms with Crippen molar-refractivity contribution in [3.05, 3.63) is 64.2 Å². The van der Waals surface area contributed by atoms with Gasteiger partial charge in [0, 0.05) is 35.5 Å². The van der Waals surface area contributed by atoms with Crippen LogP contribution in [0.25, 0.3) is 0 Å². The fourth-order valence-electron chi connectivity index (χ4n) is 3.15. The highest BCUT2D eigenvalue weighted by molar-refractivity contribution is 6.02. The molecular formula is C28H36N4O3. The summed E-state index contributed by atoms with van der Waals surface area (Å²) in [6.45, 7) is 10.7. The monoisotopic (exact) mass is 476 g/mol. The Balaban J connectivity index is 1.98. The van der Waals surface area contributed by atoms with Gasteiger partial charge in [-0.15, -0.1) is 0 Å². The number of anilines is 1. The summed E-state index contributed by atoms with van der Waals surface area (Å²) in [7, 11) is 1.82. The second-order valence-electron chi connectivity index (χ2n) is 8.69. The van der Waals surface area contributed by atoms with Crippen molar-refractivity contribution in [2.24, 2.45) is 10.7 Å². The van der Waals surface area contributed by atoms with E-state index in [9.17, 15) is 9.59 Å². The topological polar surface area (TPSA) is 97.0 Å². The highest BCUT2D eigenvalue weighted by Gasteiger charge is 2.17. The molecule has 2 aromatic carbocycles. The van der Waals surface area contributed by atoms with Crippen LogP contribution in [0, 0.1) is 25.7 Å². The van der Waals surface area contributed by atoms with E-state index in [0.29, 0.717) is 24.3 Å². The van der Waals surface area contributed by atoms with Crippen molar-refractivity contribution in [1.82, 2.24) is 4.90 Å². The minimum absolute atomic E-state index is 0.0179. The summed E-state index contributed by atoms with van der Waals surface area (Å²) >= 11 is 0. The maximum atomic E-state index is 12.7. The zero-order valence-corrected chi connectivity index (χ0v) is 21.6. The summed E-state index contributed by atoms with van der Waals surface area (Å²) in [6, 6.07) is 11.3. The number of rotatable bonds is 8. The van der Waals surface area contributed by atoms with Crippen LogP contribution < -0.4 is 11.1 Å². The molecule has 0 bridgehead atoms. The van der Waals surface area contributed by atoms with E-state index < -0.39 is 6.09 Å². The average Bonchev–Trinajstić information content (AvgIpc) is 2.83. The van der Waals surface area contributed by atoms with Crippen molar-refractivity contribution in [1.29, 1.82) is 0 Å². The van der Waals surface area contributed by atoms with Gasteiger partial charge in [-0.3, -0.25) is 4.79 Å². The van der Waals surface area contributed by atoms with Gasteiger partial charge in [0.15, 0.2) is 0 Å². The maximum absolute atomic E-state index is 12.7. The SMILES string of the molecule is CCCCOC(=O)N=C(N)c1ccc(NCC#Cc2cc(C)c(C(=O)N(C)C(C)C)cc2C)cc1. The van der Waals surface area contributed by atoms with Gasteiger partial charge in [-0.25, -0.2) is 4.79 Å². The standard InChI is InChI=1S/C28H36N4O3/c1-7-8-16-35-28(34)31-26(29)22-11-13-24(14-12-22)30-15-9-10-23-17-21(5)25(18-20(23)4)27(33)32(6)19(2)3/h11-14,17-19,30H,7-8,15-16H2,1-6H3,(H2,29,31,34). The molecule has 0 spiro atoms. The average molecular weight is 477 g/mol. The van der Waals surface area contributed by atoms with Crippen LogP contribution in [-0.2, 0) is 4.74 Å². The Hall–Kier alpha value is -3.79. The lowest BCUT2D eigenvalue weighted by molar-refractivity contribution is 0.0754. The van der Waals surface area contributed by atoms with Crippen LogP contribution in [0.2, 0.25) is 0 Å². The molecule has 0 fully saturated rings. The number of nitrogens with one attached hydrogen (secondary N) is 1. The van der Waals surface area contributed by atoms with Crippen LogP contribution >= 0.6 is 0 Å². The van der Waals surface area contributed by atoms with E-state index in [1.165, 1.54) is 0 Å². The number of aryl methyl sites for hydroxylation is 2. The number of nitrogens with zero attached hydrogens (tertiary/aromatic N) is 2. The number of benzene rings is 2. The number of ether oxygens (including phenoxy) is 1. The van der Waals surface area contributed by atoms with Crippen LogP contribution in [0.15, 0.2) is 41.4 Å². The second-order valence-corrected chi connectivity index (χ2v) is 8.69. The molecule has 0 aromatic heterocycles. The largest absolute Gasteiger partial charge is 0.448 e. The zero-order chi connectivity index (χ0) is 26.0. The van der Waals surface area contributed by atoms with Gasteiger partial charge < -0.3 is 20.7 Å². The molecule has 7 heteroatoms. The Morgan fingerprint density at radius 3 is 2.46 bits per heavy atom. The van der Waals surface area contributed by atoms with E-state index in [1.807, 2.05) is 65.9 Å². The molecule has 0 saturated heterocycles. The molecular weight excluding hydrogens is 440 g/mol. The van der Waals surface area contributed by atoms with E-state index >= 15 is 0 Å². The number of nitrogens with two attached hydrogens (primary N) is 1. The van der Waals surface area contributed by atoms with Crippen molar-refractivity contribution < 1.29 is 14.3 Å². The van der Waals surface area contributed by atoms with Crippen molar-refractivity contribution in [2.75, 3.05) is 25.5 Å². The van der Waals surface area contributed by atoms with Crippen molar-refractivity contribution in [2.45, 2.75) is 53.5 Å². The Morgan fingerprint density at radius 1 is 1.14 bits per heavy atom. The van der Waals surface area contributed by atoms with Gasteiger partial charge in [0.05, 0.1) is 13.2 Å². The lowest BCUT2D eigenvalue weighted by atomic mass is 9.99. The Labute approximate surface area is 208 Å². The molecule has 0 radical (unpaired) electrons. The third-order valence-electron chi connectivity index (χ3n) is 5.62. The number of hydrogen-bond acceptors (Lipinski definition) is 4. The molecule has 2 aromatic rings. The van der Waals surface area contributed by atoms with Gasteiger partial charge in [-0.05, 0) is 81.6 Å². The fraction of sp³-hybridized carbons (Fsp3) is 0.393. The Kier molecular flexibility index (Phi) is 10.3. The number of amidine groups is 1. The number of carbonyl (C=O) groups is 2. The summed E-state index contributed by atoms with van der Waals surface area (Å²) < 4.78 is 5.00. The lowest BCUT2D eigenvalue weighted by Crippen LogP contribution is -2.33. The first-order chi connectivity index (χ1) is 16.6. The van der Waals surface area contributed by atoms with E-state index in [1.54, 1.807) is 17.0 Å². The Bertz CT molecular complexity index is 1130. The number of unbranched alkanes of at least 4 members (excludes halogenated alkanes) is 1. The third-order valence-corrected chi connectivity index (χ3v) is 5.62. The first kappa shape index (κ1) is 27.5. The molecule has 186 valence electrons. The van der Waals surface area contributed by atoms with E-state index in [2.05, 4.69) is 22.2 Å². The third kappa shape index (κ3) is 8.18. The molecule has 35 heavy (non-hydrogen) atoms. The molecule has 3 N–H and O–H groups in total. The molecule has 7 nitrogen and oxygen atoms in total. The summed E-state index contributed by atoms with van der Waals surface area (Å²) in [4.78, 5) is 29.9. The predicted molar refractivity (Wildman–Crippen MR) is 142 cm³/mol. The number of carbonyl (C=O) groups excluding carboxylic acids is 2. The van der Waals surface area contributed by atoms with E-state index in [0.717, 1.165) is 35.2 Å². The lowest BCUT2D eigenvalue weighted by Gasteiger charge is -2.22. The normalized spacial score (nSPS) is 11.0. The summed E-state index contributed by atoms with van der Waals surface area (Å²) in [5.74, 6) is 6.45. The first-order valence-corrected chi connectivity index (χ1v) is 11.9. The fourth-order valence-corrected chi connectivity index (χ4v) is 3.15. The second kappa shape index (κ2) is 13.2. The van der Waals surface area contributed by atoms with Crippen LogP contribution in [-0.4, -0.2) is 49.0 Å². The minimum atomic E-state index is -0.678. The predicted octanol–water partition coefficient (Wildman–Crippen LogP) is 4.89. The van der Waals surface area contributed by atoms with Crippen LogP contribution in [0.5, 0.6) is 0 Å². The smallest absolute Gasteiger partial charge is 0.435 e. The quantitative estimate of drug-likeness (QED) is 0.245. The number of hydrogen-bond donors (Lipinski definition) is 2. The summed E-state index contributed by atoms with van der Waals surface area (Å²) in [6.07, 6.45) is 1.06. The molecule has 2 rings (SSSR count). The Morgan fingerprint density at radius 2 is 1.83 bits per heavy atom. The number of amides is 2. The highest BCUT2D eigenvalue weighted by atomic mass is 16.5. The molecule has 0 aliphatic carbocycles. The van der Waals surface area contributed by atoms with Gasteiger partial charge in [0.25, 0.3) is 5.91 Å². The molecule has 2 amide bonds. The van der Waals surface area contributed by atoms with Crippen LogP contribution in [0.4, 0.5) is 10.5 Å². The minimum Gasteiger partial charge on any atom is -0.448 e. The molecule has 0 heterocycles. The molecule has 0 aliphatic heterocycles. The van der Waals surface area contributed by atoms with E-state index in [-0.39, 0.29) is 17.8 Å². The van der Waals surface area contributed by atoms with Crippen LogP contribution in [0.1, 0.15) is 66.2 Å². The molecule has 0 saturated carbocycles. The highest BCUT2D eigenvalue weighted by Crippen LogP contribution is 2.18. The van der Waals surface area contributed by atoms with Crippen LogP contribution in [0.3, 0.4) is 0 Å². The van der Waals surface area contributed by atoms with Gasteiger partial charge in [-0.1, -0.05) is 25.2 Å². The van der Waals surface area contributed by atoms with Gasteiger partial charge in [-0.2, -0.15) is 4.99 Å². The van der Waals surface area contributed by atoms with E-state index in [4.69, 9.17) is 10.5 Å². The van der Waals surface area contributed by atoms with Crippen molar-refractivity contribution in [3.63, 3.8) is 0 Å². The summed E-state index contributed by atoms with van der Waals surface area (Å²) in [5, 5.41) is 3.24. The number of aliphatic imine (C=N–C) groups is 1.